The van der Waals surface area contributed by atoms with Crippen molar-refractivity contribution in [3.05, 3.63) is 63.9 Å². The van der Waals surface area contributed by atoms with Crippen molar-refractivity contribution in [1.82, 2.24) is 4.72 Å². The molecule has 0 saturated heterocycles. The monoisotopic (exact) mass is 410 g/mol. The Bertz CT molecular complexity index is 979. The quantitative estimate of drug-likeness (QED) is 0.793. The van der Waals surface area contributed by atoms with Crippen molar-refractivity contribution in [3.63, 3.8) is 0 Å². The first-order valence-electron chi connectivity index (χ1n) is 8.62. The molecule has 1 amide bonds. The van der Waals surface area contributed by atoms with Crippen LogP contribution in [0.5, 0.6) is 0 Å². The van der Waals surface area contributed by atoms with E-state index in [9.17, 15) is 17.6 Å². The molecule has 0 aliphatic carbocycles. The molecule has 3 rings (SSSR count). The number of rotatable bonds is 6. The van der Waals surface area contributed by atoms with Crippen LogP contribution in [0.4, 0.5) is 10.1 Å². The number of carbonyl (C=O) groups excluding carboxylic acids is 1. The van der Waals surface area contributed by atoms with Crippen LogP contribution >= 0.6 is 11.6 Å². The molecule has 0 aromatic heterocycles. The summed E-state index contributed by atoms with van der Waals surface area (Å²) in [7, 11) is -3.64. The molecule has 0 unspecified atom stereocenters. The van der Waals surface area contributed by atoms with Crippen molar-refractivity contribution >= 4 is 33.2 Å². The summed E-state index contributed by atoms with van der Waals surface area (Å²) in [6.07, 6.45) is 1.11. The first-order chi connectivity index (χ1) is 12.8. The fourth-order valence-electron chi connectivity index (χ4n) is 3.16. The van der Waals surface area contributed by atoms with E-state index in [2.05, 4.69) is 4.72 Å². The average molecular weight is 411 g/mol. The van der Waals surface area contributed by atoms with E-state index < -0.39 is 15.8 Å². The van der Waals surface area contributed by atoms with Gasteiger partial charge in [0.2, 0.25) is 15.9 Å². The van der Waals surface area contributed by atoms with Crippen molar-refractivity contribution < 1.29 is 17.6 Å². The van der Waals surface area contributed by atoms with Crippen LogP contribution in [0.25, 0.3) is 0 Å². The number of nitrogens with zero attached hydrogens (tertiary/aromatic N) is 1. The Morgan fingerprint density at radius 3 is 2.67 bits per heavy atom. The number of hydrogen-bond acceptors (Lipinski definition) is 3. The number of amides is 1. The molecule has 0 saturated carbocycles. The first kappa shape index (κ1) is 19.8. The maximum Gasteiger partial charge on any atom is 0.227 e. The van der Waals surface area contributed by atoms with Gasteiger partial charge < -0.3 is 4.90 Å². The molecule has 0 bridgehead atoms. The SMILES string of the molecule is CCN1C(=O)CCc2cc(CNS(=O)(=O)Cc3ccc(F)cc3Cl)ccc21. The number of benzene rings is 2. The molecule has 1 N–H and O–H groups in total. The van der Waals surface area contributed by atoms with Crippen molar-refractivity contribution in [2.45, 2.75) is 32.1 Å². The highest BCUT2D eigenvalue weighted by Crippen LogP contribution is 2.28. The lowest BCUT2D eigenvalue weighted by atomic mass is 9.99. The molecule has 8 heteroatoms. The molecular weight excluding hydrogens is 391 g/mol. The third kappa shape index (κ3) is 4.66. The van der Waals surface area contributed by atoms with Gasteiger partial charge in [0.15, 0.2) is 0 Å². The van der Waals surface area contributed by atoms with Gasteiger partial charge in [-0.25, -0.2) is 17.5 Å². The zero-order valence-electron chi connectivity index (χ0n) is 14.8. The summed E-state index contributed by atoms with van der Waals surface area (Å²) < 4.78 is 40.3. The average Bonchev–Trinajstić information content (AvgIpc) is 2.62. The Hall–Kier alpha value is -1.96. The van der Waals surface area contributed by atoms with Crippen molar-refractivity contribution in [2.24, 2.45) is 0 Å². The lowest BCUT2D eigenvalue weighted by Gasteiger charge is -2.28. The third-order valence-corrected chi connectivity index (χ3v) is 6.14. The molecular formula is C19H20ClFN2O3S. The molecule has 1 aliphatic rings. The number of nitrogens with one attached hydrogen (secondary N) is 1. The molecule has 2 aromatic carbocycles. The zero-order valence-corrected chi connectivity index (χ0v) is 16.4. The number of aryl methyl sites for hydroxylation is 1. The van der Waals surface area contributed by atoms with Gasteiger partial charge in [-0.3, -0.25) is 4.79 Å². The minimum Gasteiger partial charge on any atom is -0.312 e. The van der Waals surface area contributed by atoms with Gasteiger partial charge >= 0.3 is 0 Å². The van der Waals surface area contributed by atoms with Crippen LogP contribution in [0.3, 0.4) is 0 Å². The highest BCUT2D eigenvalue weighted by atomic mass is 35.5. The van der Waals surface area contributed by atoms with Gasteiger partial charge in [0.25, 0.3) is 0 Å². The summed E-state index contributed by atoms with van der Waals surface area (Å²) >= 11 is 5.91. The molecule has 27 heavy (non-hydrogen) atoms. The van der Waals surface area contributed by atoms with Crippen LogP contribution in [0.15, 0.2) is 36.4 Å². The molecule has 2 aromatic rings. The maximum absolute atomic E-state index is 13.1. The number of sulfonamides is 1. The number of fused-ring (bicyclic) bond motifs is 1. The van der Waals surface area contributed by atoms with Gasteiger partial charge in [0, 0.05) is 30.2 Å². The van der Waals surface area contributed by atoms with Crippen molar-refractivity contribution in [3.8, 4) is 0 Å². The van der Waals surface area contributed by atoms with E-state index in [1.165, 1.54) is 12.1 Å². The second-order valence-electron chi connectivity index (χ2n) is 6.42. The maximum atomic E-state index is 13.1. The van der Waals surface area contributed by atoms with Gasteiger partial charge in [-0.15, -0.1) is 0 Å². The lowest BCUT2D eigenvalue weighted by Crippen LogP contribution is -2.34. The molecule has 144 valence electrons. The van der Waals surface area contributed by atoms with Gasteiger partial charge in [-0.05, 0) is 48.2 Å². The Kier molecular flexibility index (Phi) is 5.83. The Labute approximate surface area is 163 Å². The zero-order chi connectivity index (χ0) is 19.6. The molecule has 0 radical (unpaired) electrons. The van der Waals surface area contributed by atoms with E-state index in [4.69, 9.17) is 11.6 Å². The summed E-state index contributed by atoms with van der Waals surface area (Å²) in [6, 6.07) is 9.24. The summed E-state index contributed by atoms with van der Waals surface area (Å²) in [5.41, 5.74) is 3.08. The second kappa shape index (κ2) is 7.96. The number of halogens is 2. The predicted octanol–water partition coefficient (Wildman–Crippen LogP) is 3.40. The van der Waals surface area contributed by atoms with Crippen LogP contribution in [0.1, 0.15) is 30.0 Å². The molecule has 0 atom stereocenters. The van der Waals surface area contributed by atoms with E-state index in [0.29, 0.717) is 24.9 Å². The van der Waals surface area contributed by atoms with Crippen LogP contribution < -0.4 is 9.62 Å². The fourth-order valence-corrected chi connectivity index (χ4v) is 4.62. The summed E-state index contributed by atoms with van der Waals surface area (Å²) in [5.74, 6) is -0.729. The Morgan fingerprint density at radius 1 is 1.19 bits per heavy atom. The van der Waals surface area contributed by atoms with E-state index in [0.717, 1.165) is 22.9 Å². The van der Waals surface area contributed by atoms with Crippen LogP contribution in [0, 0.1) is 5.82 Å². The van der Waals surface area contributed by atoms with Crippen LogP contribution in [-0.2, 0) is 33.5 Å². The van der Waals surface area contributed by atoms with Gasteiger partial charge in [0.05, 0.1) is 5.75 Å². The minimum atomic E-state index is -3.64. The standard InChI is InChI=1S/C19H20ClFN2O3S/c1-2-23-18-7-3-13(9-14(18)5-8-19(23)24)11-22-27(25,26)12-15-4-6-16(21)10-17(15)20/h3-4,6-7,9-10,22H,2,5,8,11-12H2,1H3. The Balaban J connectivity index is 1.70. The number of hydrogen-bond donors (Lipinski definition) is 1. The number of carbonyl (C=O) groups is 1. The predicted molar refractivity (Wildman–Crippen MR) is 104 cm³/mol. The second-order valence-corrected chi connectivity index (χ2v) is 8.63. The van der Waals surface area contributed by atoms with E-state index in [1.54, 1.807) is 4.90 Å². The molecule has 1 aliphatic heterocycles. The molecule has 1 heterocycles. The fraction of sp³-hybridized carbons (Fsp3) is 0.316. The van der Waals surface area contributed by atoms with Gasteiger partial charge in [-0.1, -0.05) is 29.8 Å². The third-order valence-electron chi connectivity index (χ3n) is 4.52. The summed E-state index contributed by atoms with van der Waals surface area (Å²) in [4.78, 5) is 13.7. The molecule has 5 nitrogen and oxygen atoms in total. The smallest absolute Gasteiger partial charge is 0.227 e. The highest BCUT2D eigenvalue weighted by molar-refractivity contribution is 7.88. The Morgan fingerprint density at radius 2 is 1.96 bits per heavy atom. The van der Waals surface area contributed by atoms with Crippen LogP contribution in [0.2, 0.25) is 5.02 Å². The minimum absolute atomic E-state index is 0.0819. The van der Waals surface area contributed by atoms with Crippen molar-refractivity contribution in [2.75, 3.05) is 11.4 Å². The molecule has 0 spiro atoms. The topological polar surface area (TPSA) is 66.5 Å². The highest BCUT2D eigenvalue weighted by Gasteiger charge is 2.23. The number of anilines is 1. The lowest BCUT2D eigenvalue weighted by molar-refractivity contribution is -0.118. The molecule has 0 fully saturated rings. The van der Waals surface area contributed by atoms with Gasteiger partial charge in [-0.2, -0.15) is 0 Å². The van der Waals surface area contributed by atoms with E-state index in [1.807, 2.05) is 25.1 Å². The van der Waals surface area contributed by atoms with Crippen molar-refractivity contribution in [1.29, 1.82) is 0 Å². The first-order valence-corrected chi connectivity index (χ1v) is 10.7. The van der Waals surface area contributed by atoms with E-state index >= 15 is 0 Å². The largest absolute Gasteiger partial charge is 0.312 e. The van der Waals surface area contributed by atoms with Crippen LogP contribution in [-0.4, -0.2) is 20.9 Å². The van der Waals surface area contributed by atoms with E-state index in [-0.39, 0.29) is 23.2 Å². The normalized spacial score (nSPS) is 14.3. The van der Waals surface area contributed by atoms with Gasteiger partial charge in [0.1, 0.15) is 5.82 Å². The summed E-state index contributed by atoms with van der Waals surface area (Å²) in [5, 5.41) is 0.0819. The summed E-state index contributed by atoms with van der Waals surface area (Å²) in [6.45, 7) is 2.67.